The molecule has 0 aromatic carbocycles. The molecule has 1 atom stereocenters. The van der Waals surface area contributed by atoms with Crippen LogP contribution < -0.4 is 0 Å². The molecule has 0 fully saturated rings. The summed E-state index contributed by atoms with van der Waals surface area (Å²) in [4.78, 5) is 0. The van der Waals surface area contributed by atoms with E-state index in [-0.39, 0.29) is 42.0 Å². The van der Waals surface area contributed by atoms with Crippen molar-refractivity contribution in [1.82, 2.24) is 0 Å². The van der Waals surface area contributed by atoms with Gasteiger partial charge in [0.1, 0.15) is 0 Å². The normalized spacial score (nSPS) is 12.4. The van der Waals surface area contributed by atoms with Gasteiger partial charge in [0.05, 0.1) is 11.4 Å². The average molecular weight is 124 g/mol. The van der Waals surface area contributed by atoms with Crippen LogP contribution in [0.15, 0.2) is 0 Å². The molecule has 0 bridgehead atoms. The molecule has 5 heteroatoms. The molecule has 0 saturated carbocycles. The quantitative estimate of drug-likeness (QED) is 0.343. The molecule has 0 aliphatic rings. The van der Waals surface area contributed by atoms with Crippen LogP contribution in [0.2, 0.25) is 0 Å². The molecule has 0 aromatic rings. The number of hydrogen-bond acceptors (Lipinski definition) is 2. The Balaban J connectivity index is -0.00000000750. The van der Waals surface area contributed by atoms with Crippen LogP contribution in [0.25, 0.3) is 0 Å². The maximum Gasteiger partial charge on any atom is 2.00 e. The fraction of sp³-hybridized carbons (Fsp3) is 0. The third-order valence-corrected chi connectivity index (χ3v) is 0. The van der Waals surface area contributed by atoms with Gasteiger partial charge in [-0.2, -0.15) is 0 Å². The van der Waals surface area contributed by atoms with Crippen molar-refractivity contribution in [3.63, 3.8) is 0 Å². The minimum absolute atomic E-state index is 0. The number of hydrogen-bond donors (Lipinski definition) is 1. The molecule has 5 heavy (non-hydrogen) atoms. The van der Waals surface area contributed by atoms with Crippen LogP contribution in [0.5, 0.6) is 0 Å². The van der Waals surface area contributed by atoms with Gasteiger partial charge in [-0.05, 0) is 0 Å². The summed E-state index contributed by atoms with van der Waals surface area (Å²) in [7, 11) is 0. The first-order valence-electron chi connectivity index (χ1n) is 0.516. The summed E-state index contributed by atoms with van der Waals surface area (Å²) in [5, 5.41) is 0. The van der Waals surface area contributed by atoms with Crippen LogP contribution in [0.4, 0.5) is 0 Å². The zero-order valence-corrected chi connectivity index (χ0v) is 5.40. The van der Waals surface area contributed by atoms with Gasteiger partial charge < -0.3 is 12.0 Å². The van der Waals surface area contributed by atoms with Crippen LogP contribution in [0.3, 0.4) is 0 Å². The zero-order chi connectivity index (χ0) is 3.58. The molecule has 0 aliphatic heterocycles. The van der Waals surface area contributed by atoms with Gasteiger partial charge in [-0.3, -0.25) is 0 Å². The van der Waals surface area contributed by atoms with Crippen molar-refractivity contribution in [3.05, 3.63) is 0 Å². The molecular weight excluding hydrogens is 120 g/mol. The van der Waals surface area contributed by atoms with Gasteiger partial charge >= 0.3 is 39.2 Å². The molecule has 0 spiro atoms. The minimum Gasteiger partial charge on any atom is -1.00 e. The Labute approximate surface area is 66.3 Å². The van der Waals surface area contributed by atoms with Crippen molar-refractivity contribution < 1.29 is 17.6 Å². The van der Waals surface area contributed by atoms with E-state index in [1.165, 1.54) is 0 Å². The molecule has 0 aliphatic carbocycles. The molecule has 0 amide bonds. The van der Waals surface area contributed by atoms with Gasteiger partial charge in [0.2, 0.25) is 0 Å². The fourth-order valence-electron chi connectivity index (χ4n) is 0. The molecule has 1 N–H and O–H groups in total. The summed E-state index contributed by atoms with van der Waals surface area (Å²) in [6.45, 7) is 0. The first-order valence-corrected chi connectivity index (χ1v) is 1.55. The van der Waals surface area contributed by atoms with Crippen LogP contribution in [-0.4, -0.2) is 51.1 Å². The van der Waals surface area contributed by atoms with E-state index in [9.17, 15) is 0 Å². The van der Waals surface area contributed by atoms with E-state index in [2.05, 4.69) is 0 Å². The Bertz CT molecular complexity index is 37.5. The Kier molecular flexibility index (Phi) is 10.2. The molecule has 30 valence electrons. The SMILES string of the molecule is O=S([O-])O.[Ca+2].[H+].[H-].[H-]. The Morgan fingerprint density at radius 2 is 2.20 bits per heavy atom. The first-order chi connectivity index (χ1) is 1.73. The van der Waals surface area contributed by atoms with E-state index in [1.807, 2.05) is 0 Å². The van der Waals surface area contributed by atoms with Crippen molar-refractivity contribution >= 4 is 49.1 Å². The zero-order valence-electron chi connectivity index (χ0n) is 5.38. The molecule has 0 saturated heterocycles. The first kappa shape index (κ1) is 9.59. The van der Waals surface area contributed by atoms with Crippen molar-refractivity contribution in [2.24, 2.45) is 0 Å². The van der Waals surface area contributed by atoms with Crippen molar-refractivity contribution in [3.8, 4) is 0 Å². The van der Waals surface area contributed by atoms with Gasteiger partial charge in [-0.25, -0.2) is 4.21 Å². The minimum atomic E-state index is -2.86. The van der Waals surface area contributed by atoms with Crippen molar-refractivity contribution in [1.29, 1.82) is 0 Å². The van der Waals surface area contributed by atoms with E-state index in [0.29, 0.717) is 0 Å². The molecule has 0 aromatic heterocycles. The topological polar surface area (TPSA) is 60.4 Å². The molecule has 0 radical (unpaired) electrons. The van der Waals surface area contributed by atoms with Crippen LogP contribution >= 0.6 is 0 Å². The predicted molar refractivity (Wildman–Crippen MR) is 20.6 cm³/mol. The van der Waals surface area contributed by atoms with Crippen molar-refractivity contribution in [2.45, 2.75) is 0 Å². The van der Waals surface area contributed by atoms with Crippen LogP contribution in [-0.2, 0) is 11.4 Å². The van der Waals surface area contributed by atoms with Gasteiger partial charge in [-0.1, -0.05) is 0 Å². The monoisotopic (exact) mass is 124 g/mol. The Morgan fingerprint density at radius 3 is 2.20 bits per heavy atom. The largest absolute Gasteiger partial charge is 2.00 e. The summed E-state index contributed by atoms with van der Waals surface area (Å²) in [6, 6.07) is 0. The summed E-state index contributed by atoms with van der Waals surface area (Å²) in [5.41, 5.74) is 0. The van der Waals surface area contributed by atoms with E-state index in [4.69, 9.17) is 13.3 Å². The maximum absolute atomic E-state index is 8.56. The maximum atomic E-state index is 8.56. The van der Waals surface area contributed by atoms with Gasteiger partial charge in [0.25, 0.3) is 0 Å². The third kappa shape index (κ3) is 33.4. The average Bonchev–Trinajstić information content (AvgIpc) is 0.811. The van der Waals surface area contributed by atoms with E-state index in [1.54, 1.807) is 0 Å². The third-order valence-electron chi connectivity index (χ3n) is 0. The van der Waals surface area contributed by atoms with Crippen molar-refractivity contribution in [2.75, 3.05) is 0 Å². The van der Waals surface area contributed by atoms with Gasteiger partial charge in [0.15, 0.2) is 0 Å². The smallest absolute Gasteiger partial charge is 1.00 e. The van der Waals surface area contributed by atoms with E-state index >= 15 is 0 Å². The van der Waals surface area contributed by atoms with E-state index in [0.717, 1.165) is 0 Å². The summed E-state index contributed by atoms with van der Waals surface area (Å²) < 4.78 is 24.1. The van der Waals surface area contributed by atoms with Gasteiger partial charge in [-0.15, -0.1) is 0 Å². The molecular formula is H4CaO3S. The predicted octanol–water partition coefficient (Wildman–Crippen LogP) is -0.705. The van der Waals surface area contributed by atoms with Crippen LogP contribution in [0.1, 0.15) is 4.28 Å². The van der Waals surface area contributed by atoms with Crippen LogP contribution in [0, 0.1) is 0 Å². The second kappa shape index (κ2) is 5.33. The Morgan fingerprint density at radius 1 is 2.20 bits per heavy atom. The number of rotatable bonds is 0. The fourth-order valence-corrected chi connectivity index (χ4v) is 0. The molecule has 0 heterocycles. The second-order valence-electron chi connectivity index (χ2n) is 0.217. The standard InChI is InChI=1S/Ca.H2O3S.2H/c;1-4(2)3;;/h;(H2,1,2,3);;/q+2;;2*-1. The summed E-state index contributed by atoms with van der Waals surface area (Å²) in [5.74, 6) is 0. The molecule has 0 rings (SSSR count). The summed E-state index contributed by atoms with van der Waals surface area (Å²) >= 11 is -2.86. The van der Waals surface area contributed by atoms with Gasteiger partial charge in [0, 0.05) is 0 Å². The molecule has 1 unspecified atom stereocenters. The molecule has 3 nitrogen and oxygen atoms in total. The second-order valence-corrected chi connectivity index (χ2v) is 0.651. The Hall–Kier alpha value is 1.33. The summed E-state index contributed by atoms with van der Waals surface area (Å²) in [6.07, 6.45) is 0. The van der Waals surface area contributed by atoms with E-state index < -0.39 is 11.4 Å².